The SMILES string of the molecule is COc1ccc(CC2CC(C(F)F)=NN2CCO/C=C/C(=O)N2CCN(c3ncc(C(F)(F)F)cn3)CC2)cc1. The Hall–Kier alpha value is -3.97. The molecule has 2 aliphatic rings. The molecule has 9 nitrogen and oxygen atoms in total. The summed E-state index contributed by atoms with van der Waals surface area (Å²) in [7, 11) is 1.57. The Bertz CT molecular complexity index is 1180. The van der Waals surface area contributed by atoms with Crippen LogP contribution in [0.4, 0.5) is 27.9 Å². The lowest BCUT2D eigenvalue weighted by molar-refractivity contribution is -0.138. The third kappa shape index (κ3) is 7.57. The largest absolute Gasteiger partial charge is 0.499 e. The minimum atomic E-state index is -4.51. The Morgan fingerprint density at radius 1 is 1.10 bits per heavy atom. The van der Waals surface area contributed by atoms with Crippen molar-refractivity contribution in [1.82, 2.24) is 19.9 Å². The van der Waals surface area contributed by atoms with Crippen molar-refractivity contribution < 1.29 is 36.2 Å². The Morgan fingerprint density at radius 3 is 2.38 bits per heavy atom. The summed E-state index contributed by atoms with van der Waals surface area (Å²) in [5.41, 5.74) is -0.114. The fourth-order valence-electron chi connectivity index (χ4n) is 4.39. The molecule has 1 aromatic heterocycles. The molecule has 0 N–H and O–H groups in total. The van der Waals surface area contributed by atoms with Gasteiger partial charge in [0.1, 0.15) is 18.1 Å². The van der Waals surface area contributed by atoms with Gasteiger partial charge in [-0.1, -0.05) is 12.1 Å². The van der Waals surface area contributed by atoms with Gasteiger partial charge in [0.2, 0.25) is 11.9 Å². The topological polar surface area (TPSA) is 83.4 Å². The number of methoxy groups -OCH3 is 1. The van der Waals surface area contributed by atoms with Gasteiger partial charge in [-0.15, -0.1) is 0 Å². The van der Waals surface area contributed by atoms with Crippen molar-refractivity contribution in [3.05, 3.63) is 60.1 Å². The maximum Gasteiger partial charge on any atom is 0.419 e. The summed E-state index contributed by atoms with van der Waals surface area (Å²) in [6.45, 7) is 1.80. The second-order valence-corrected chi connectivity index (χ2v) is 9.22. The van der Waals surface area contributed by atoms with E-state index in [1.807, 2.05) is 24.3 Å². The molecule has 0 saturated carbocycles. The number of hydrogen-bond donors (Lipinski definition) is 0. The first-order valence-electron chi connectivity index (χ1n) is 12.6. The highest BCUT2D eigenvalue weighted by atomic mass is 19.4. The minimum Gasteiger partial charge on any atom is -0.499 e. The molecule has 1 atom stereocenters. The standard InChI is InChI=1S/C26H29F5N6O3/c1-39-21-4-2-18(3-5-21)14-20-15-22(24(27)28)34-37(20)11-13-40-12-6-23(38)35-7-9-36(10-8-35)25-32-16-19(17-33-25)26(29,30)31/h2-6,12,16-17,20,24H,7-11,13-15H2,1H3/b12-6+. The van der Waals surface area contributed by atoms with Crippen molar-refractivity contribution in [2.24, 2.45) is 5.10 Å². The van der Waals surface area contributed by atoms with Crippen LogP contribution in [-0.4, -0.2) is 90.4 Å². The number of anilines is 1. The highest BCUT2D eigenvalue weighted by Crippen LogP contribution is 2.28. The Labute approximate surface area is 227 Å². The number of carbonyl (C=O) groups is 1. The van der Waals surface area contributed by atoms with Gasteiger partial charge in [-0.25, -0.2) is 18.7 Å². The summed E-state index contributed by atoms with van der Waals surface area (Å²) in [4.78, 5) is 23.4. The number of aromatic nitrogens is 2. The first-order valence-corrected chi connectivity index (χ1v) is 12.6. The number of alkyl halides is 5. The third-order valence-corrected chi connectivity index (χ3v) is 6.59. The maximum absolute atomic E-state index is 13.3. The zero-order valence-electron chi connectivity index (χ0n) is 21.7. The van der Waals surface area contributed by atoms with Crippen LogP contribution in [-0.2, 0) is 22.1 Å². The summed E-state index contributed by atoms with van der Waals surface area (Å²) in [6, 6.07) is 7.17. The second-order valence-electron chi connectivity index (χ2n) is 9.22. The van der Waals surface area contributed by atoms with Crippen molar-refractivity contribution in [3.63, 3.8) is 0 Å². The van der Waals surface area contributed by atoms with Crippen LogP contribution in [0.1, 0.15) is 17.5 Å². The van der Waals surface area contributed by atoms with E-state index in [4.69, 9.17) is 9.47 Å². The molecule has 216 valence electrons. The maximum atomic E-state index is 13.3. The number of ether oxygens (including phenoxy) is 2. The van der Waals surface area contributed by atoms with Gasteiger partial charge in [-0.2, -0.15) is 18.3 Å². The van der Waals surface area contributed by atoms with Crippen LogP contribution in [0.2, 0.25) is 0 Å². The average molecular weight is 569 g/mol. The van der Waals surface area contributed by atoms with Crippen LogP contribution in [0, 0.1) is 0 Å². The molecule has 1 amide bonds. The van der Waals surface area contributed by atoms with E-state index in [-0.39, 0.29) is 43.2 Å². The van der Waals surface area contributed by atoms with E-state index in [1.54, 1.807) is 21.9 Å². The van der Waals surface area contributed by atoms with Crippen molar-refractivity contribution in [3.8, 4) is 5.75 Å². The van der Waals surface area contributed by atoms with E-state index >= 15 is 0 Å². The van der Waals surface area contributed by atoms with E-state index in [0.29, 0.717) is 38.3 Å². The van der Waals surface area contributed by atoms with E-state index in [2.05, 4.69) is 15.1 Å². The molecule has 2 aromatic rings. The average Bonchev–Trinajstić information content (AvgIpc) is 3.35. The zero-order valence-corrected chi connectivity index (χ0v) is 21.7. The fraction of sp³-hybridized carbons (Fsp3) is 0.462. The molecular weight excluding hydrogens is 539 g/mol. The molecule has 1 aromatic carbocycles. The lowest BCUT2D eigenvalue weighted by atomic mass is 10.0. The summed E-state index contributed by atoms with van der Waals surface area (Å²) in [5, 5.41) is 5.68. The quantitative estimate of drug-likeness (QED) is 0.187. The van der Waals surface area contributed by atoms with E-state index in [1.165, 1.54) is 12.3 Å². The summed E-state index contributed by atoms with van der Waals surface area (Å²) < 4.78 is 75.3. The fourth-order valence-corrected chi connectivity index (χ4v) is 4.39. The van der Waals surface area contributed by atoms with Gasteiger partial charge < -0.3 is 19.3 Å². The number of nitrogens with zero attached hydrogens (tertiary/aromatic N) is 6. The molecule has 14 heteroatoms. The van der Waals surface area contributed by atoms with E-state index in [0.717, 1.165) is 18.0 Å². The smallest absolute Gasteiger partial charge is 0.419 e. The zero-order chi connectivity index (χ0) is 28.7. The first-order chi connectivity index (χ1) is 19.1. The first kappa shape index (κ1) is 29.0. The highest BCUT2D eigenvalue weighted by Gasteiger charge is 2.32. The number of hydrazone groups is 1. The van der Waals surface area contributed by atoms with Crippen LogP contribution in [0.15, 0.2) is 54.1 Å². The van der Waals surface area contributed by atoms with Crippen molar-refractivity contribution >= 4 is 17.6 Å². The number of rotatable bonds is 10. The van der Waals surface area contributed by atoms with Gasteiger partial charge in [-0.05, 0) is 24.1 Å². The van der Waals surface area contributed by atoms with Gasteiger partial charge in [0.05, 0.1) is 31.5 Å². The monoisotopic (exact) mass is 568 g/mol. The predicted octanol–water partition coefficient (Wildman–Crippen LogP) is 3.62. The summed E-state index contributed by atoms with van der Waals surface area (Å²) >= 11 is 0. The van der Waals surface area contributed by atoms with Crippen LogP contribution in [0.5, 0.6) is 5.75 Å². The van der Waals surface area contributed by atoms with E-state index < -0.39 is 18.2 Å². The Balaban J connectivity index is 1.21. The number of amides is 1. The van der Waals surface area contributed by atoms with Gasteiger partial charge in [0, 0.05) is 51.1 Å². The third-order valence-electron chi connectivity index (χ3n) is 6.59. The molecule has 4 rings (SSSR count). The predicted molar refractivity (Wildman–Crippen MR) is 136 cm³/mol. The van der Waals surface area contributed by atoms with Crippen molar-refractivity contribution in [2.45, 2.75) is 31.5 Å². The lowest BCUT2D eigenvalue weighted by Gasteiger charge is -2.34. The second kappa shape index (κ2) is 12.9. The minimum absolute atomic E-state index is 0.141. The molecule has 1 fully saturated rings. The van der Waals surface area contributed by atoms with Crippen molar-refractivity contribution in [1.29, 1.82) is 0 Å². The van der Waals surface area contributed by atoms with Gasteiger partial charge in [-0.3, -0.25) is 9.80 Å². The van der Waals surface area contributed by atoms with Crippen LogP contribution >= 0.6 is 0 Å². The molecule has 0 aliphatic carbocycles. The molecule has 1 unspecified atom stereocenters. The van der Waals surface area contributed by atoms with Crippen LogP contribution < -0.4 is 9.64 Å². The van der Waals surface area contributed by atoms with Crippen LogP contribution in [0.3, 0.4) is 0 Å². The number of carbonyl (C=O) groups excluding carboxylic acids is 1. The Kier molecular flexibility index (Phi) is 9.38. The summed E-state index contributed by atoms with van der Waals surface area (Å²) in [6.07, 6.45) is -2.44. The number of benzene rings is 1. The molecule has 40 heavy (non-hydrogen) atoms. The lowest BCUT2D eigenvalue weighted by Crippen LogP contribution is -2.48. The van der Waals surface area contributed by atoms with Gasteiger partial charge in [0.15, 0.2) is 0 Å². The molecule has 3 heterocycles. The number of hydrogen-bond acceptors (Lipinski definition) is 8. The van der Waals surface area contributed by atoms with E-state index in [9.17, 15) is 26.7 Å². The van der Waals surface area contributed by atoms with Gasteiger partial charge >= 0.3 is 6.18 Å². The van der Waals surface area contributed by atoms with Crippen molar-refractivity contribution in [2.75, 3.05) is 51.3 Å². The molecule has 0 spiro atoms. The molecule has 1 saturated heterocycles. The molecule has 0 radical (unpaired) electrons. The summed E-state index contributed by atoms with van der Waals surface area (Å²) in [5.74, 6) is 0.592. The molecular formula is C26H29F5N6O3. The van der Waals surface area contributed by atoms with Gasteiger partial charge in [0.25, 0.3) is 6.43 Å². The molecule has 2 aliphatic heterocycles. The normalized spacial score (nSPS) is 18.0. The van der Waals surface area contributed by atoms with Crippen LogP contribution in [0.25, 0.3) is 0 Å². The Morgan fingerprint density at radius 2 is 1.77 bits per heavy atom. The molecule has 0 bridgehead atoms. The number of piperazine rings is 1. The highest BCUT2D eigenvalue weighted by molar-refractivity contribution is 5.89. The number of halogens is 5.